The molecule has 0 atom stereocenters. The molecule has 0 radical (unpaired) electrons. The molecule has 25 heavy (non-hydrogen) atoms. The van der Waals surface area contributed by atoms with Crippen LogP contribution in [0.3, 0.4) is 0 Å². The fourth-order valence-corrected chi connectivity index (χ4v) is 3.15. The van der Waals surface area contributed by atoms with Crippen molar-refractivity contribution < 1.29 is 22.8 Å². The molecule has 1 heterocycles. The Morgan fingerprint density at radius 1 is 1.20 bits per heavy atom. The Balaban J connectivity index is 1.69. The molecule has 4 nitrogen and oxygen atoms in total. The first-order valence-corrected chi connectivity index (χ1v) is 8.32. The molecule has 0 fully saturated rings. The van der Waals surface area contributed by atoms with Crippen LogP contribution in [-0.4, -0.2) is 17.6 Å². The first-order valence-electron chi connectivity index (χ1n) is 7.34. The first kappa shape index (κ1) is 17.3. The molecule has 0 aliphatic carbocycles. The normalized spacial score (nSPS) is 13.8. The second-order valence-electron chi connectivity index (χ2n) is 5.43. The number of carbonyl (C=O) groups excluding carboxylic acids is 2. The molecule has 2 aromatic rings. The van der Waals surface area contributed by atoms with Crippen molar-refractivity contribution in [2.24, 2.45) is 0 Å². The summed E-state index contributed by atoms with van der Waals surface area (Å²) in [6, 6.07) is 9.71. The number of rotatable bonds is 3. The summed E-state index contributed by atoms with van der Waals surface area (Å²) < 4.78 is 38.1. The van der Waals surface area contributed by atoms with E-state index in [4.69, 9.17) is 0 Å². The van der Waals surface area contributed by atoms with E-state index in [1.165, 1.54) is 23.9 Å². The minimum Gasteiger partial charge on any atom is -0.348 e. The molecule has 0 saturated heterocycles. The maximum absolute atomic E-state index is 12.7. The maximum Gasteiger partial charge on any atom is 0.416 e. The summed E-state index contributed by atoms with van der Waals surface area (Å²) >= 11 is 1.38. The average molecular weight is 366 g/mol. The molecule has 0 aromatic heterocycles. The van der Waals surface area contributed by atoms with Crippen LogP contribution < -0.4 is 10.6 Å². The third kappa shape index (κ3) is 4.14. The van der Waals surface area contributed by atoms with E-state index in [0.717, 1.165) is 17.0 Å². The molecule has 2 amide bonds. The van der Waals surface area contributed by atoms with Gasteiger partial charge in [0.1, 0.15) is 0 Å². The van der Waals surface area contributed by atoms with E-state index >= 15 is 0 Å². The number of hydrogen-bond acceptors (Lipinski definition) is 3. The monoisotopic (exact) mass is 366 g/mol. The highest BCUT2D eigenvalue weighted by Gasteiger charge is 2.30. The van der Waals surface area contributed by atoms with Crippen molar-refractivity contribution in [3.63, 3.8) is 0 Å². The number of halogens is 3. The van der Waals surface area contributed by atoms with Gasteiger partial charge in [0, 0.05) is 17.0 Å². The fourth-order valence-electron chi connectivity index (χ4n) is 2.37. The zero-order chi connectivity index (χ0) is 18.0. The van der Waals surface area contributed by atoms with Crippen molar-refractivity contribution in [3.05, 3.63) is 59.2 Å². The van der Waals surface area contributed by atoms with Crippen LogP contribution in [0.15, 0.2) is 47.4 Å². The minimum absolute atomic E-state index is 0.0268. The lowest BCUT2D eigenvalue weighted by atomic mass is 10.1. The number of hydrogen-bond donors (Lipinski definition) is 2. The van der Waals surface area contributed by atoms with Crippen LogP contribution in [0, 0.1) is 0 Å². The summed E-state index contributed by atoms with van der Waals surface area (Å²) in [6.07, 6.45) is -4.42. The fraction of sp³-hybridized carbons (Fsp3) is 0.176. The quantitative estimate of drug-likeness (QED) is 0.871. The smallest absolute Gasteiger partial charge is 0.348 e. The minimum atomic E-state index is -4.42. The average Bonchev–Trinajstić information content (AvgIpc) is 2.58. The van der Waals surface area contributed by atoms with Gasteiger partial charge in [-0.15, -0.1) is 11.8 Å². The van der Waals surface area contributed by atoms with Crippen molar-refractivity contribution >= 4 is 29.3 Å². The van der Waals surface area contributed by atoms with Gasteiger partial charge in [0.15, 0.2) is 0 Å². The van der Waals surface area contributed by atoms with E-state index < -0.39 is 17.6 Å². The molecule has 0 bridgehead atoms. The zero-order valence-electron chi connectivity index (χ0n) is 12.8. The summed E-state index contributed by atoms with van der Waals surface area (Å²) in [4.78, 5) is 24.5. The van der Waals surface area contributed by atoms with E-state index in [1.54, 1.807) is 18.2 Å². The summed E-state index contributed by atoms with van der Waals surface area (Å²) in [5.41, 5.74) is 0.485. The Morgan fingerprint density at radius 3 is 2.76 bits per heavy atom. The van der Waals surface area contributed by atoms with E-state index in [0.29, 0.717) is 22.6 Å². The Bertz CT molecular complexity index is 837. The van der Waals surface area contributed by atoms with Gasteiger partial charge in [-0.2, -0.15) is 13.2 Å². The number of amides is 2. The second-order valence-corrected chi connectivity index (χ2v) is 6.45. The van der Waals surface area contributed by atoms with Gasteiger partial charge in [0.05, 0.1) is 17.0 Å². The number of alkyl halides is 3. The Kier molecular flexibility index (Phi) is 4.71. The number of anilines is 1. The van der Waals surface area contributed by atoms with Crippen molar-refractivity contribution in [2.45, 2.75) is 17.6 Å². The van der Waals surface area contributed by atoms with Crippen LogP contribution in [-0.2, 0) is 17.5 Å². The first-order chi connectivity index (χ1) is 11.8. The second kappa shape index (κ2) is 6.79. The molecule has 0 spiro atoms. The van der Waals surface area contributed by atoms with Gasteiger partial charge < -0.3 is 10.6 Å². The van der Waals surface area contributed by atoms with Gasteiger partial charge in [-0.05, 0) is 35.9 Å². The predicted molar refractivity (Wildman–Crippen MR) is 88.4 cm³/mol. The highest BCUT2D eigenvalue weighted by Crippen LogP contribution is 2.32. The standard InChI is InChI=1S/C17H13F3N2O2S/c18-17(19,20)12-3-1-2-10(6-12)8-21-16(24)11-4-5-14-13(7-11)22-15(23)9-25-14/h1-7H,8-9H2,(H,21,24)(H,22,23). The molecular weight excluding hydrogens is 353 g/mol. The van der Waals surface area contributed by atoms with Crippen molar-refractivity contribution in [1.29, 1.82) is 0 Å². The van der Waals surface area contributed by atoms with Crippen molar-refractivity contribution in [2.75, 3.05) is 11.1 Å². The Labute approximate surface area is 145 Å². The van der Waals surface area contributed by atoms with Gasteiger partial charge in [0.2, 0.25) is 5.91 Å². The van der Waals surface area contributed by atoms with Gasteiger partial charge in [-0.3, -0.25) is 9.59 Å². The van der Waals surface area contributed by atoms with Crippen LogP contribution in [0.25, 0.3) is 0 Å². The van der Waals surface area contributed by atoms with Crippen LogP contribution in [0.5, 0.6) is 0 Å². The Hall–Kier alpha value is -2.48. The summed E-state index contributed by atoms with van der Waals surface area (Å²) in [5.74, 6) is -0.238. The number of fused-ring (bicyclic) bond motifs is 1. The topological polar surface area (TPSA) is 58.2 Å². The van der Waals surface area contributed by atoms with Gasteiger partial charge in [0.25, 0.3) is 5.91 Å². The van der Waals surface area contributed by atoms with Gasteiger partial charge in [-0.25, -0.2) is 0 Å². The number of nitrogens with one attached hydrogen (secondary N) is 2. The van der Waals surface area contributed by atoms with Crippen LogP contribution in [0.4, 0.5) is 18.9 Å². The van der Waals surface area contributed by atoms with Gasteiger partial charge in [-0.1, -0.05) is 12.1 Å². The lowest BCUT2D eigenvalue weighted by molar-refractivity contribution is -0.137. The molecule has 1 aliphatic heterocycles. The molecule has 8 heteroatoms. The zero-order valence-corrected chi connectivity index (χ0v) is 13.6. The van der Waals surface area contributed by atoms with Gasteiger partial charge >= 0.3 is 6.18 Å². The highest BCUT2D eigenvalue weighted by molar-refractivity contribution is 8.00. The maximum atomic E-state index is 12.7. The summed E-state index contributed by atoms with van der Waals surface area (Å²) in [7, 11) is 0. The third-order valence-corrected chi connectivity index (χ3v) is 4.66. The van der Waals surface area contributed by atoms with E-state index in [1.807, 2.05) is 0 Å². The third-order valence-electron chi connectivity index (χ3n) is 3.58. The van der Waals surface area contributed by atoms with E-state index in [9.17, 15) is 22.8 Å². The summed E-state index contributed by atoms with van der Waals surface area (Å²) in [5, 5.41) is 5.27. The molecule has 0 saturated carbocycles. The molecule has 1 aliphatic rings. The predicted octanol–water partition coefficient (Wildman–Crippen LogP) is 3.68. The molecule has 0 unspecified atom stereocenters. The van der Waals surface area contributed by atoms with E-state index in [-0.39, 0.29) is 12.5 Å². The number of benzene rings is 2. The van der Waals surface area contributed by atoms with Crippen molar-refractivity contribution in [3.8, 4) is 0 Å². The van der Waals surface area contributed by atoms with Crippen molar-refractivity contribution in [1.82, 2.24) is 5.32 Å². The molecule has 3 rings (SSSR count). The van der Waals surface area contributed by atoms with E-state index in [2.05, 4.69) is 10.6 Å². The number of carbonyl (C=O) groups is 2. The SMILES string of the molecule is O=C1CSc2ccc(C(=O)NCc3cccc(C(F)(F)F)c3)cc2N1. The highest BCUT2D eigenvalue weighted by atomic mass is 32.2. The molecule has 2 N–H and O–H groups in total. The molecule has 2 aromatic carbocycles. The van der Waals surface area contributed by atoms with Crippen LogP contribution in [0.1, 0.15) is 21.5 Å². The molecular formula is C17H13F3N2O2S. The van der Waals surface area contributed by atoms with Crippen LogP contribution >= 0.6 is 11.8 Å². The summed E-state index contributed by atoms with van der Waals surface area (Å²) in [6.45, 7) is -0.0268. The lowest BCUT2D eigenvalue weighted by Gasteiger charge is -2.17. The number of thioether (sulfide) groups is 1. The lowest BCUT2D eigenvalue weighted by Crippen LogP contribution is -2.24. The largest absolute Gasteiger partial charge is 0.416 e. The van der Waals surface area contributed by atoms with Crippen LogP contribution in [0.2, 0.25) is 0 Å². The molecule has 130 valence electrons. The Morgan fingerprint density at radius 2 is 2.00 bits per heavy atom.